The molecule has 9 N–H and O–H groups in total. The number of benzene rings is 1. The molecule has 0 aromatic heterocycles. The lowest BCUT2D eigenvalue weighted by Gasteiger charge is -2.24. The number of carbonyl (C=O) groups is 5. The molecule has 0 bridgehead atoms. The highest BCUT2D eigenvalue weighted by molar-refractivity contribution is 5.94. The third kappa shape index (κ3) is 9.00. The van der Waals surface area contributed by atoms with Crippen molar-refractivity contribution in [3.8, 4) is 5.75 Å². The lowest BCUT2D eigenvalue weighted by Crippen LogP contribution is -2.57. The largest absolute Gasteiger partial charge is 0.508 e. The molecule has 4 amide bonds. The number of aromatic hydroxyl groups is 1. The van der Waals surface area contributed by atoms with E-state index in [0.717, 1.165) is 0 Å². The fourth-order valence-electron chi connectivity index (χ4n) is 2.58. The molecule has 32 heavy (non-hydrogen) atoms. The summed E-state index contributed by atoms with van der Waals surface area (Å²) in [7, 11) is 0. The molecule has 4 unspecified atom stereocenters. The van der Waals surface area contributed by atoms with Gasteiger partial charge in [0.25, 0.3) is 0 Å². The normalized spacial score (nSPS) is 14.3. The van der Waals surface area contributed by atoms with Crippen LogP contribution in [0, 0.1) is 0 Å². The van der Waals surface area contributed by atoms with Crippen LogP contribution in [0.5, 0.6) is 5.75 Å². The minimum atomic E-state index is -1.27. The van der Waals surface area contributed by atoms with E-state index in [1.165, 1.54) is 38.1 Å². The van der Waals surface area contributed by atoms with Crippen LogP contribution in [0.1, 0.15) is 32.3 Å². The number of carboxylic acids is 1. The molecule has 0 aliphatic rings. The third-order valence-electron chi connectivity index (χ3n) is 4.46. The fourth-order valence-corrected chi connectivity index (χ4v) is 2.58. The Balaban J connectivity index is 3.07. The minimum absolute atomic E-state index is 0.00317. The van der Waals surface area contributed by atoms with Crippen LogP contribution in [0.25, 0.3) is 0 Å². The molecule has 176 valence electrons. The highest BCUT2D eigenvalue weighted by atomic mass is 16.4. The summed E-state index contributed by atoms with van der Waals surface area (Å²) in [6.07, 6.45) is -0.366. The smallest absolute Gasteiger partial charge is 0.325 e. The van der Waals surface area contributed by atoms with Crippen molar-refractivity contribution in [1.82, 2.24) is 16.0 Å². The second-order valence-electron chi connectivity index (χ2n) is 7.36. The summed E-state index contributed by atoms with van der Waals surface area (Å²) in [5, 5.41) is 25.6. The van der Waals surface area contributed by atoms with Gasteiger partial charge >= 0.3 is 5.97 Å². The van der Waals surface area contributed by atoms with Crippen molar-refractivity contribution >= 4 is 29.6 Å². The average Bonchev–Trinajstić information content (AvgIpc) is 2.71. The van der Waals surface area contributed by atoms with Crippen LogP contribution < -0.4 is 27.4 Å². The highest BCUT2D eigenvalue weighted by Gasteiger charge is 2.29. The number of rotatable bonds is 12. The molecule has 0 heterocycles. The zero-order chi connectivity index (χ0) is 24.4. The topological polar surface area (TPSA) is 214 Å². The Hall–Kier alpha value is -3.67. The highest BCUT2D eigenvalue weighted by Crippen LogP contribution is 2.12. The van der Waals surface area contributed by atoms with Gasteiger partial charge in [-0.05, 0) is 38.0 Å². The van der Waals surface area contributed by atoms with E-state index in [1.54, 1.807) is 0 Å². The van der Waals surface area contributed by atoms with Gasteiger partial charge in [0.2, 0.25) is 23.6 Å². The van der Waals surface area contributed by atoms with E-state index in [0.29, 0.717) is 5.56 Å². The SMILES string of the molecule is CC(N)C(=O)NC(CCC(N)=O)C(=O)NC(Cc1ccc(O)cc1)C(=O)NC(C)C(=O)O. The van der Waals surface area contributed by atoms with Gasteiger partial charge in [0, 0.05) is 12.8 Å². The van der Waals surface area contributed by atoms with Crippen molar-refractivity contribution in [2.45, 2.75) is 57.3 Å². The van der Waals surface area contributed by atoms with E-state index < -0.39 is 53.8 Å². The quantitative estimate of drug-likeness (QED) is 0.190. The molecule has 4 atom stereocenters. The summed E-state index contributed by atoms with van der Waals surface area (Å²) in [4.78, 5) is 59.7. The molecular formula is C20H29N5O7. The molecular weight excluding hydrogens is 422 g/mol. The van der Waals surface area contributed by atoms with Crippen LogP contribution in [0.15, 0.2) is 24.3 Å². The van der Waals surface area contributed by atoms with Gasteiger partial charge in [0.15, 0.2) is 0 Å². The molecule has 1 rings (SSSR count). The van der Waals surface area contributed by atoms with E-state index in [4.69, 9.17) is 16.6 Å². The summed E-state index contributed by atoms with van der Waals surface area (Å²) in [6, 6.07) is 1.30. The van der Waals surface area contributed by atoms with Gasteiger partial charge in [0.1, 0.15) is 23.9 Å². The van der Waals surface area contributed by atoms with Crippen LogP contribution in [-0.4, -0.2) is 64.0 Å². The standard InChI is InChI=1S/C20H29N5O7/c1-10(21)17(28)24-14(7-8-16(22)27)18(29)25-15(19(30)23-11(2)20(31)32)9-12-3-5-13(26)6-4-12/h3-6,10-11,14-15,26H,7-9,21H2,1-2H3,(H2,22,27)(H,23,30)(H,24,28)(H,25,29)(H,31,32). The van der Waals surface area contributed by atoms with E-state index in [1.807, 2.05) is 0 Å². The number of carbonyl (C=O) groups excluding carboxylic acids is 4. The van der Waals surface area contributed by atoms with Crippen LogP contribution in [0.2, 0.25) is 0 Å². The van der Waals surface area contributed by atoms with Crippen molar-refractivity contribution in [2.75, 3.05) is 0 Å². The van der Waals surface area contributed by atoms with Gasteiger partial charge in [-0.15, -0.1) is 0 Å². The molecule has 0 saturated heterocycles. The average molecular weight is 451 g/mol. The Kier molecular flexibility index (Phi) is 10.1. The zero-order valence-corrected chi connectivity index (χ0v) is 17.8. The van der Waals surface area contributed by atoms with Gasteiger partial charge in [0.05, 0.1) is 6.04 Å². The van der Waals surface area contributed by atoms with Crippen molar-refractivity contribution in [3.63, 3.8) is 0 Å². The Morgan fingerprint density at radius 2 is 1.44 bits per heavy atom. The monoisotopic (exact) mass is 451 g/mol. The number of phenolic OH excluding ortho intramolecular Hbond substituents is 1. The maximum absolute atomic E-state index is 12.8. The number of hydrogen-bond acceptors (Lipinski definition) is 7. The van der Waals surface area contributed by atoms with Crippen molar-refractivity contribution in [1.29, 1.82) is 0 Å². The number of primary amides is 1. The van der Waals surface area contributed by atoms with Crippen molar-refractivity contribution in [2.24, 2.45) is 11.5 Å². The molecule has 0 aliphatic heterocycles. The fraction of sp³-hybridized carbons (Fsp3) is 0.450. The van der Waals surface area contributed by atoms with Crippen LogP contribution >= 0.6 is 0 Å². The number of nitrogens with two attached hydrogens (primary N) is 2. The first-order valence-corrected chi connectivity index (χ1v) is 9.86. The first-order chi connectivity index (χ1) is 14.9. The second kappa shape index (κ2) is 12.2. The lowest BCUT2D eigenvalue weighted by atomic mass is 10.0. The van der Waals surface area contributed by atoms with Gasteiger partial charge in [-0.1, -0.05) is 12.1 Å². The Labute approximate surface area is 184 Å². The Morgan fingerprint density at radius 1 is 0.906 bits per heavy atom. The van der Waals surface area contributed by atoms with E-state index in [9.17, 15) is 29.1 Å². The van der Waals surface area contributed by atoms with Gasteiger partial charge in [-0.3, -0.25) is 24.0 Å². The number of aliphatic carboxylic acids is 1. The van der Waals surface area contributed by atoms with Crippen molar-refractivity contribution in [3.05, 3.63) is 29.8 Å². The zero-order valence-electron chi connectivity index (χ0n) is 17.8. The first-order valence-electron chi connectivity index (χ1n) is 9.86. The summed E-state index contributed by atoms with van der Waals surface area (Å²) in [5.74, 6) is -4.14. The maximum atomic E-state index is 12.8. The molecule has 1 aromatic rings. The van der Waals surface area contributed by atoms with E-state index >= 15 is 0 Å². The van der Waals surface area contributed by atoms with Gasteiger partial charge in [-0.2, -0.15) is 0 Å². The molecule has 12 heteroatoms. The van der Waals surface area contributed by atoms with E-state index in [2.05, 4.69) is 16.0 Å². The minimum Gasteiger partial charge on any atom is -0.508 e. The maximum Gasteiger partial charge on any atom is 0.325 e. The number of phenols is 1. The molecule has 12 nitrogen and oxygen atoms in total. The second-order valence-corrected chi connectivity index (χ2v) is 7.36. The Bertz CT molecular complexity index is 841. The lowest BCUT2D eigenvalue weighted by molar-refractivity contribution is -0.141. The van der Waals surface area contributed by atoms with Gasteiger partial charge < -0.3 is 37.6 Å². The number of amides is 4. The number of carboxylic acid groups (broad SMARTS) is 1. The molecule has 0 aliphatic carbocycles. The Morgan fingerprint density at radius 3 is 1.94 bits per heavy atom. The number of hydrogen-bond donors (Lipinski definition) is 7. The molecule has 0 radical (unpaired) electrons. The predicted molar refractivity (Wildman–Crippen MR) is 113 cm³/mol. The molecule has 1 aromatic carbocycles. The number of nitrogens with one attached hydrogen (secondary N) is 3. The predicted octanol–water partition coefficient (Wildman–Crippen LogP) is -1.89. The van der Waals surface area contributed by atoms with Crippen molar-refractivity contribution < 1.29 is 34.2 Å². The van der Waals surface area contributed by atoms with Gasteiger partial charge in [-0.25, -0.2) is 0 Å². The molecule has 0 fully saturated rings. The van der Waals surface area contributed by atoms with Crippen LogP contribution in [-0.2, 0) is 30.4 Å². The molecule has 0 spiro atoms. The summed E-state index contributed by atoms with van der Waals surface area (Å²) in [6.45, 7) is 2.67. The summed E-state index contributed by atoms with van der Waals surface area (Å²) in [5.41, 5.74) is 11.2. The van der Waals surface area contributed by atoms with Crippen LogP contribution in [0.3, 0.4) is 0 Å². The summed E-state index contributed by atoms with van der Waals surface area (Å²) >= 11 is 0. The summed E-state index contributed by atoms with van der Waals surface area (Å²) < 4.78 is 0. The van der Waals surface area contributed by atoms with E-state index in [-0.39, 0.29) is 25.0 Å². The van der Waals surface area contributed by atoms with Crippen LogP contribution in [0.4, 0.5) is 0 Å². The third-order valence-corrected chi connectivity index (χ3v) is 4.46. The first kappa shape index (κ1) is 26.4. The molecule has 0 saturated carbocycles.